The molecule has 2 aromatic rings. The fourth-order valence-corrected chi connectivity index (χ4v) is 3.36. The van der Waals surface area contributed by atoms with Crippen LogP contribution in [0.5, 0.6) is 0 Å². The molecule has 0 bridgehead atoms. The SMILES string of the molecule is CC(C)c1cc(=O)n(CC2CCN(Cc3cn(C)c(=O)cn3)CC2)cn1. The van der Waals surface area contributed by atoms with Gasteiger partial charge in [-0.15, -0.1) is 0 Å². The topological polar surface area (TPSA) is 73.0 Å². The maximum absolute atomic E-state index is 12.3. The molecule has 140 valence electrons. The van der Waals surface area contributed by atoms with E-state index >= 15 is 0 Å². The van der Waals surface area contributed by atoms with Gasteiger partial charge in [-0.1, -0.05) is 13.8 Å². The predicted octanol–water partition coefficient (Wildman–Crippen LogP) is 1.37. The van der Waals surface area contributed by atoms with Gasteiger partial charge in [0.15, 0.2) is 0 Å². The first-order chi connectivity index (χ1) is 12.4. The summed E-state index contributed by atoms with van der Waals surface area (Å²) in [5.41, 5.74) is 1.72. The second kappa shape index (κ2) is 7.95. The van der Waals surface area contributed by atoms with E-state index in [1.807, 2.05) is 13.8 Å². The fraction of sp³-hybridized carbons (Fsp3) is 0.579. The van der Waals surface area contributed by atoms with Crippen LogP contribution in [0, 0.1) is 5.92 Å². The molecule has 2 aromatic heterocycles. The lowest BCUT2D eigenvalue weighted by molar-refractivity contribution is 0.164. The number of hydrogen-bond acceptors (Lipinski definition) is 5. The molecule has 0 radical (unpaired) electrons. The summed E-state index contributed by atoms with van der Waals surface area (Å²) in [6, 6.07) is 1.66. The minimum Gasteiger partial charge on any atom is -0.315 e. The first kappa shape index (κ1) is 18.5. The maximum atomic E-state index is 12.3. The van der Waals surface area contributed by atoms with Crippen molar-refractivity contribution in [2.75, 3.05) is 13.1 Å². The van der Waals surface area contributed by atoms with Gasteiger partial charge in [-0.25, -0.2) is 4.98 Å². The first-order valence-electron chi connectivity index (χ1n) is 9.22. The molecule has 3 heterocycles. The minimum absolute atomic E-state index is 0.0422. The normalized spacial score (nSPS) is 16.3. The second-order valence-electron chi connectivity index (χ2n) is 7.51. The van der Waals surface area contributed by atoms with Crippen LogP contribution in [-0.2, 0) is 20.1 Å². The van der Waals surface area contributed by atoms with Crippen molar-refractivity contribution in [1.29, 1.82) is 0 Å². The van der Waals surface area contributed by atoms with E-state index in [1.165, 1.54) is 6.20 Å². The van der Waals surface area contributed by atoms with Gasteiger partial charge in [0.1, 0.15) is 0 Å². The number of rotatable bonds is 5. The molecule has 1 fully saturated rings. The van der Waals surface area contributed by atoms with Crippen LogP contribution < -0.4 is 11.1 Å². The summed E-state index contributed by atoms with van der Waals surface area (Å²) >= 11 is 0. The summed E-state index contributed by atoms with van der Waals surface area (Å²) < 4.78 is 3.30. The fourth-order valence-electron chi connectivity index (χ4n) is 3.36. The number of likely N-dealkylation sites (tertiary alicyclic amines) is 1. The Morgan fingerprint density at radius 3 is 2.50 bits per heavy atom. The van der Waals surface area contributed by atoms with E-state index in [0.29, 0.717) is 5.92 Å². The Hall–Kier alpha value is -2.28. The summed E-state index contributed by atoms with van der Waals surface area (Å²) in [7, 11) is 1.75. The lowest BCUT2D eigenvalue weighted by Gasteiger charge is -2.31. The molecule has 26 heavy (non-hydrogen) atoms. The van der Waals surface area contributed by atoms with E-state index < -0.39 is 0 Å². The van der Waals surface area contributed by atoms with E-state index in [2.05, 4.69) is 14.9 Å². The van der Waals surface area contributed by atoms with Gasteiger partial charge >= 0.3 is 0 Å². The summed E-state index contributed by atoms with van der Waals surface area (Å²) in [4.78, 5) is 34.7. The quantitative estimate of drug-likeness (QED) is 0.808. The second-order valence-corrected chi connectivity index (χ2v) is 7.51. The summed E-state index contributed by atoms with van der Waals surface area (Å²) in [5, 5.41) is 0. The van der Waals surface area contributed by atoms with Crippen LogP contribution in [0.4, 0.5) is 0 Å². The van der Waals surface area contributed by atoms with Crippen molar-refractivity contribution >= 4 is 0 Å². The Labute approximate surface area is 153 Å². The van der Waals surface area contributed by atoms with Gasteiger partial charge in [-0.3, -0.25) is 24.0 Å². The van der Waals surface area contributed by atoms with Crippen molar-refractivity contribution in [1.82, 2.24) is 24.0 Å². The highest BCUT2D eigenvalue weighted by Crippen LogP contribution is 2.20. The highest BCUT2D eigenvalue weighted by atomic mass is 16.1. The molecular formula is C19H27N5O2. The van der Waals surface area contributed by atoms with E-state index in [9.17, 15) is 9.59 Å². The van der Waals surface area contributed by atoms with Crippen LogP contribution in [-0.4, -0.2) is 37.1 Å². The lowest BCUT2D eigenvalue weighted by Crippen LogP contribution is -2.36. The Morgan fingerprint density at radius 1 is 1.15 bits per heavy atom. The monoisotopic (exact) mass is 357 g/mol. The minimum atomic E-state index is -0.0880. The van der Waals surface area contributed by atoms with Gasteiger partial charge in [0, 0.05) is 32.4 Å². The van der Waals surface area contributed by atoms with E-state index in [4.69, 9.17) is 0 Å². The highest BCUT2D eigenvalue weighted by Gasteiger charge is 2.20. The zero-order valence-electron chi connectivity index (χ0n) is 15.8. The predicted molar refractivity (Wildman–Crippen MR) is 100 cm³/mol. The third-order valence-electron chi connectivity index (χ3n) is 5.07. The van der Waals surface area contributed by atoms with Crippen LogP contribution in [0.2, 0.25) is 0 Å². The largest absolute Gasteiger partial charge is 0.315 e. The van der Waals surface area contributed by atoms with Crippen LogP contribution in [0.3, 0.4) is 0 Å². The van der Waals surface area contributed by atoms with Gasteiger partial charge in [-0.05, 0) is 37.8 Å². The lowest BCUT2D eigenvalue weighted by atomic mass is 9.96. The first-order valence-corrected chi connectivity index (χ1v) is 9.22. The smallest absolute Gasteiger partial charge is 0.268 e. The number of nitrogens with zero attached hydrogens (tertiary/aromatic N) is 5. The average molecular weight is 357 g/mol. The van der Waals surface area contributed by atoms with Crippen molar-refractivity contribution in [2.45, 2.75) is 45.7 Å². The van der Waals surface area contributed by atoms with Crippen LogP contribution in [0.25, 0.3) is 0 Å². The zero-order chi connectivity index (χ0) is 18.7. The van der Waals surface area contributed by atoms with Crippen LogP contribution >= 0.6 is 0 Å². The van der Waals surface area contributed by atoms with Crippen molar-refractivity contribution < 1.29 is 0 Å². The molecular weight excluding hydrogens is 330 g/mol. The van der Waals surface area contributed by atoms with Crippen LogP contribution in [0.1, 0.15) is 44.0 Å². The Morgan fingerprint density at radius 2 is 1.88 bits per heavy atom. The zero-order valence-corrected chi connectivity index (χ0v) is 15.8. The molecule has 0 amide bonds. The van der Waals surface area contributed by atoms with Crippen LogP contribution in [0.15, 0.2) is 34.4 Å². The summed E-state index contributed by atoms with van der Waals surface area (Å²) in [5.74, 6) is 0.760. The third kappa shape index (κ3) is 4.46. The summed E-state index contributed by atoms with van der Waals surface area (Å²) in [6.45, 7) is 7.52. The maximum Gasteiger partial charge on any atom is 0.268 e. The molecule has 3 rings (SSSR count). The standard InChI is InChI=1S/C19H27N5O2/c1-14(2)17-8-18(25)24(13-21-17)10-15-4-6-23(7-5-15)12-16-11-22(3)19(26)9-20-16/h8-9,11,13-15H,4-7,10,12H2,1-3H3. The van der Waals surface area contributed by atoms with Crippen molar-refractivity contribution in [3.63, 3.8) is 0 Å². The van der Waals surface area contributed by atoms with Gasteiger partial charge in [0.05, 0.1) is 23.9 Å². The van der Waals surface area contributed by atoms with E-state index in [0.717, 1.165) is 50.4 Å². The molecule has 0 spiro atoms. The van der Waals surface area contributed by atoms with Gasteiger partial charge in [-0.2, -0.15) is 0 Å². The molecule has 1 saturated heterocycles. The number of piperidine rings is 1. The number of hydrogen-bond donors (Lipinski definition) is 0. The molecule has 0 aromatic carbocycles. The number of aromatic nitrogens is 4. The van der Waals surface area contributed by atoms with Gasteiger partial charge in [0.25, 0.3) is 11.1 Å². The summed E-state index contributed by atoms with van der Waals surface area (Å²) in [6.07, 6.45) is 6.96. The molecule has 0 saturated carbocycles. The third-order valence-corrected chi connectivity index (χ3v) is 5.07. The number of aryl methyl sites for hydroxylation is 1. The van der Waals surface area contributed by atoms with Gasteiger partial charge < -0.3 is 4.57 Å². The molecule has 0 aliphatic carbocycles. The Balaban J connectivity index is 1.54. The van der Waals surface area contributed by atoms with E-state index in [1.54, 1.807) is 34.8 Å². The Kier molecular flexibility index (Phi) is 5.66. The molecule has 0 N–H and O–H groups in total. The molecule has 7 nitrogen and oxygen atoms in total. The molecule has 1 aliphatic heterocycles. The molecule has 7 heteroatoms. The van der Waals surface area contributed by atoms with Gasteiger partial charge in [0.2, 0.25) is 0 Å². The average Bonchev–Trinajstić information content (AvgIpc) is 2.61. The molecule has 0 atom stereocenters. The van der Waals surface area contributed by atoms with Crippen molar-refractivity contribution in [3.8, 4) is 0 Å². The van der Waals surface area contributed by atoms with Crippen molar-refractivity contribution in [2.24, 2.45) is 13.0 Å². The Bertz CT molecular complexity index is 863. The molecule has 0 unspecified atom stereocenters. The van der Waals surface area contributed by atoms with Crippen molar-refractivity contribution in [3.05, 3.63) is 56.9 Å². The van der Waals surface area contributed by atoms with E-state index in [-0.39, 0.29) is 17.0 Å². The highest BCUT2D eigenvalue weighted by molar-refractivity contribution is 5.04. The molecule has 1 aliphatic rings.